The molecule has 138 valence electrons. The molecule has 1 saturated heterocycles. The van der Waals surface area contributed by atoms with E-state index in [-0.39, 0.29) is 11.6 Å². The molecule has 8 nitrogen and oxygen atoms in total. The SMILES string of the molecule is Cn1c(=O)cc(N2CC[C@@H](Nc3ncncc3-c3ccccc3)C2)[nH]c1=O. The molecule has 0 spiro atoms. The quantitative estimate of drug-likeness (QED) is 0.723. The van der Waals surface area contributed by atoms with E-state index in [0.29, 0.717) is 12.4 Å². The topological polar surface area (TPSA) is 95.9 Å². The molecule has 1 atom stereocenters. The van der Waals surface area contributed by atoms with Crippen LogP contribution in [-0.2, 0) is 7.05 Å². The molecule has 3 aromatic rings. The van der Waals surface area contributed by atoms with Crippen LogP contribution in [0.1, 0.15) is 6.42 Å². The fourth-order valence-corrected chi connectivity index (χ4v) is 3.28. The molecule has 1 aliphatic rings. The summed E-state index contributed by atoms with van der Waals surface area (Å²) in [5.74, 6) is 1.33. The Morgan fingerprint density at radius 2 is 2.04 bits per heavy atom. The molecule has 0 saturated carbocycles. The Morgan fingerprint density at radius 3 is 2.81 bits per heavy atom. The second kappa shape index (κ2) is 7.06. The molecular formula is C19H20N6O2. The third kappa shape index (κ3) is 3.46. The van der Waals surface area contributed by atoms with Crippen molar-refractivity contribution in [2.75, 3.05) is 23.3 Å². The van der Waals surface area contributed by atoms with Gasteiger partial charge in [-0.1, -0.05) is 30.3 Å². The van der Waals surface area contributed by atoms with Gasteiger partial charge in [0.1, 0.15) is 18.0 Å². The van der Waals surface area contributed by atoms with E-state index in [2.05, 4.69) is 20.3 Å². The predicted octanol–water partition coefficient (Wildman–Crippen LogP) is 1.22. The lowest BCUT2D eigenvalue weighted by molar-refractivity contribution is 0.760. The minimum atomic E-state index is -0.406. The lowest BCUT2D eigenvalue weighted by Crippen LogP contribution is -2.35. The molecule has 0 bridgehead atoms. The third-order valence-corrected chi connectivity index (χ3v) is 4.80. The van der Waals surface area contributed by atoms with Gasteiger partial charge >= 0.3 is 5.69 Å². The predicted molar refractivity (Wildman–Crippen MR) is 104 cm³/mol. The molecule has 3 heterocycles. The number of nitrogens with one attached hydrogen (secondary N) is 2. The Kier molecular flexibility index (Phi) is 4.45. The van der Waals surface area contributed by atoms with E-state index in [1.165, 1.54) is 19.4 Å². The van der Waals surface area contributed by atoms with Gasteiger partial charge in [0, 0.05) is 44.0 Å². The van der Waals surface area contributed by atoms with Crippen molar-refractivity contribution in [3.05, 3.63) is 69.8 Å². The Bertz CT molecular complexity index is 1030. The molecule has 0 unspecified atom stereocenters. The molecule has 0 aliphatic carbocycles. The van der Waals surface area contributed by atoms with Crippen LogP contribution in [-0.4, -0.2) is 38.7 Å². The summed E-state index contributed by atoms with van der Waals surface area (Å²) < 4.78 is 1.06. The average Bonchev–Trinajstić information content (AvgIpc) is 3.15. The number of H-pyrrole nitrogens is 1. The number of hydrogen-bond donors (Lipinski definition) is 2. The molecule has 0 radical (unpaired) electrons. The van der Waals surface area contributed by atoms with E-state index in [4.69, 9.17) is 0 Å². The van der Waals surface area contributed by atoms with E-state index >= 15 is 0 Å². The number of aromatic nitrogens is 4. The highest BCUT2D eigenvalue weighted by atomic mass is 16.2. The first-order valence-electron chi connectivity index (χ1n) is 8.79. The third-order valence-electron chi connectivity index (χ3n) is 4.80. The van der Waals surface area contributed by atoms with Gasteiger partial charge in [-0.05, 0) is 12.0 Å². The van der Waals surface area contributed by atoms with Crippen molar-refractivity contribution >= 4 is 11.6 Å². The average molecular weight is 364 g/mol. The van der Waals surface area contributed by atoms with Crippen molar-refractivity contribution in [2.24, 2.45) is 7.05 Å². The molecule has 1 fully saturated rings. The van der Waals surface area contributed by atoms with Gasteiger partial charge in [-0.25, -0.2) is 14.8 Å². The summed E-state index contributed by atoms with van der Waals surface area (Å²) in [5.41, 5.74) is 1.27. The molecule has 27 heavy (non-hydrogen) atoms. The number of hydrogen-bond acceptors (Lipinski definition) is 6. The van der Waals surface area contributed by atoms with Crippen molar-refractivity contribution in [3.8, 4) is 11.1 Å². The normalized spacial score (nSPS) is 16.5. The van der Waals surface area contributed by atoms with Crippen molar-refractivity contribution < 1.29 is 0 Å². The van der Waals surface area contributed by atoms with Crippen LogP contribution in [0.5, 0.6) is 0 Å². The van der Waals surface area contributed by atoms with Gasteiger partial charge in [-0.2, -0.15) is 0 Å². The van der Waals surface area contributed by atoms with E-state index in [1.54, 1.807) is 6.20 Å². The molecule has 1 aliphatic heterocycles. The summed E-state index contributed by atoms with van der Waals surface area (Å²) in [5, 5.41) is 3.48. The van der Waals surface area contributed by atoms with Crippen LogP contribution in [0, 0.1) is 0 Å². The van der Waals surface area contributed by atoms with Crippen LogP contribution in [0.2, 0.25) is 0 Å². The number of anilines is 2. The van der Waals surface area contributed by atoms with Crippen LogP contribution in [0.25, 0.3) is 11.1 Å². The Labute approximate surface area is 155 Å². The second-order valence-electron chi connectivity index (χ2n) is 6.58. The highest BCUT2D eigenvalue weighted by Gasteiger charge is 2.25. The molecule has 2 N–H and O–H groups in total. The summed E-state index contributed by atoms with van der Waals surface area (Å²) in [6.45, 7) is 1.41. The van der Waals surface area contributed by atoms with Crippen LogP contribution < -0.4 is 21.5 Å². The smallest absolute Gasteiger partial charge is 0.329 e. The van der Waals surface area contributed by atoms with Gasteiger partial charge in [0.25, 0.3) is 5.56 Å². The number of nitrogens with zero attached hydrogens (tertiary/aromatic N) is 4. The first-order chi connectivity index (χ1) is 13.1. The molecule has 2 aromatic heterocycles. The zero-order chi connectivity index (χ0) is 18.8. The Morgan fingerprint density at radius 1 is 1.22 bits per heavy atom. The van der Waals surface area contributed by atoms with E-state index in [0.717, 1.165) is 34.5 Å². The minimum Gasteiger partial charge on any atom is -0.365 e. The lowest BCUT2D eigenvalue weighted by atomic mass is 10.1. The van der Waals surface area contributed by atoms with Crippen LogP contribution in [0.15, 0.2) is 58.5 Å². The van der Waals surface area contributed by atoms with Gasteiger partial charge < -0.3 is 10.2 Å². The van der Waals surface area contributed by atoms with E-state index < -0.39 is 5.69 Å². The molecule has 4 rings (SSSR count). The van der Waals surface area contributed by atoms with Gasteiger partial charge in [0.15, 0.2) is 0 Å². The van der Waals surface area contributed by atoms with Crippen LogP contribution in [0.4, 0.5) is 11.6 Å². The largest absolute Gasteiger partial charge is 0.365 e. The number of aromatic amines is 1. The van der Waals surface area contributed by atoms with Crippen molar-refractivity contribution in [2.45, 2.75) is 12.5 Å². The zero-order valence-electron chi connectivity index (χ0n) is 14.9. The first-order valence-corrected chi connectivity index (χ1v) is 8.79. The molecule has 8 heteroatoms. The summed E-state index contributed by atoms with van der Waals surface area (Å²) in [6, 6.07) is 11.6. The lowest BCUT2D eigenvalue weighted by Gasteiger charge is -2.19. The van der Waals surface area contributed by atoms with Crippen LogP contribution in [0.3, 0.4) is 0 Å². The Balaban J connectivity index is 1.53. The monoisotopic (exact) mass is 364 g/mol. The fourth-order valence-electron chi connectivity index (χ4n) is 3.28. The van der Waals surface area contributed by atoms with Crippen molar-refractivity contribution in [3.63, 3.8) is 0 Å². The van der Waals surface area contributed by atoms with Gasteiger partial charge in [-0.3, -0.25) is 14.3 Å². The first kappa shape index (κ1) is 17.0. The maximum atomic E-state index is 11.9. The zero-order valence-corrected chi connectivity index (χ0v) is 14.9. The second-order valence-corrected chi connectivity index (χ2v) is 6.58. The van der Waals surface area contributed by atoms with Gasteiger partial charge in [-0.15, -0.1) is 0 Å². The Hall–Kier alpha value is -3.42. The van der Waals surface area contributed by atoms with Crippen molar-refractivity contribution in [1.82, 2.24) is 19.5 Å². The summed E-state index contributed by atoms with van der Waals surface area (Å²) in [4.78, 5) is 37.0. The summed E-state index contributed by atoms with van der Waals surface area (Å²) >= 11 is 0. The van der Waals surface area contributed by atoms with Crippen LogP contribution >= 0.6 is 0 Å². The minimum absolute atomic E-state index is 0.148. The summed E-state index contributed by atoms with van der Waals surface area (Å²) in [7, 11) is 1.46. The molecular weight excluding hydrogens is 344 g/mol. The number of benzene rings is 1. The maximum Gasteiger partial charge on any atom is 0.329 e. The maximum absolute atomic E-state index is 11.9. The van der Waals surface area contributed by atoms with E-state index in [9.17, 15) is 9.59 Å². The molecule has 0 amide bonds. The standard InChI is InChI=1S/C19H20N6O2/c1-24-17(26)9-16(23-19(24)27)25-8-7-14(11-25)22-18-15(10-20-12-21-18)13-5-3-2-4-6-13/h2-6,9-10,12,14H,7-8,11H2,1H3,(H,23,27)(H,20,21,22)/t14-/m1/s1. The number of rotatable bonds is 4. The van der Waals surface area contributed by atoms with Gasteiger partial charge in [0.2, 0.25) is 0 Å². The van der Waals surface area contributed by atoms with Gasteiger partial charge in [0.05, 0.1) is 0 Å². The van der Waals surface area contributed by atoms with Crippen molar-refractivity contribution in [1.29, 1.82) is 0 Å². The highest BCUT2D eigenvalue weighted by Crippen LogP contribution is 2.27. The summed E-state index contributed by atoms with van der Waals surface area (Å²) in [6.07, 6.45) is 4.20. The van der Waals surface area contributed by atoms with E-state index in [1.807, 2.05) is 35.2 Å². The fraction of sp³-hybridized carbons (Fsp3) is 0.263. The molecule has 1 aromatic carbocycles. The highest BCUT2D eigenvalue weighted by molar-refractivity contribution is 5.74.